The Morgan fingerprint density at radius 1 is 0.414 bits per heavy atom. The first-order valence-electron chi connectivity index (χ1n) is 20.9. The first-order valence-corrected chi connectivity index (χ1v) is 20.9. The molecule has 7 aromatic carbocycles. The van der Waals surface area contributed by atoms with Crippen molar-refractivity contribution in [3.05, 3.63) is 168 Å². The summed E-state index contributed by atoms with van der Waals surface area (Å²) in [6.07, 6.45) is 0. The van der Waals surface area contributed by atoms with Crippen molar-refractivity contribution in [3.63, 3.8) is 0 Å². The first-order chi connectivity index (χ1) is 27.7. The van der Waals surface area contributed by atoms with Gasteiger partial charge in [0.05, 0.1) is 33.8 Å². The summed E-state index contributed by atoms with van der Waals surface area (Å²) < 4.78 is 2.45. The fourth-order valence-electron chi connectivity index (χ4n) is 9.40. The number of benzene rings is 7. The Morgan fingerprint density at radius 2 is 0.983 bits per heavy atom. The fraction of sp³-hybridized carbons (Fsp3) is 0.222. The van der Waals surface area contributed by atoms with Gasteiger partial charge in [0, 0.05) is 27.7 Å². The summed E-state index contributed by atoms with van der Waals surface area (Å²) in [6.45, 7) is 20.9. The highest BCUT2D eigenvalue weighted by Crippen LogP contribution is 2.58. The number of anilines is 5. The van der Waals surface area contributed by atoms with Gasteiger partial charge in [0.2, 0.25) is 0 Å². The van der Waals surface area contributed by atoms with Gasteiger partial charge in [0.1, 0.15) is 0 Å². The SMILES string of the molecule is CC(C)(C)c1ccc2c(c1)-c1cc(C(C)(C)C)cc3c1N(B2c1ccc2c4ccccc4n(-c4ccccc4)c2c1)c1ccc(C(C)(C)C)cc1N3c1ccccc1. The molecule has 286 valence electrons. The molecule has 58 heavy (non-hydrogen) atoms. The van der Waals surface area contributed by atoms with Gasteiger partial charge in [0.25, 0.3) is 0 Å². The van der Waals surface area contributed by atoms with Crippen LogP contribution >= 0.6 is 0 Å². The van der Waals surface area contributed by atoms with Crippen molar-refractivity contribution in [3.8, 4) is 16.8 Å². The molecule has 0 spiro atoms. The summed E-state index contributed by atoms with van der Waals surface area (Å²) >= 11 is 0. The van der Waals surface area contributed by atoms with Crippen LogP contribution < -0.4 is 20.6 Å². The van der Waals surface area contributed by atoms with Gasteiger partial charge in [-0.15, -0.1) is 0 Å². The van der Waals surface area contributed by atoms with Gasteiger partial charge >= 0.3 is 6.85 Å². The van der Waals surface area contributed by atoms with E-state index in [1.807, 2.05) is 0 Å². The second kappa shape index (κ2) is 12.8. The zero-order valence-electron chi connectivity index (χ0n) is 35.4. The maximum Gasteiger partial charge on any atom is 0.329 e. The van der Waals surface area contributed by atoms with Gasteiger partial charge in [-0.2, -0.15) is 0 Å². The largest absolute Gasteiger partial charge is 0.373 e. The molecule has 0 radical (unpaired) electrons. The summed E-state index contributed by atoms with van der Waals surface area (Å²) in [5.41, 5.74) is 18.8. The molecule has 0 bridgehead atoms. The van der Waals surface area contributed by atoms with Crippen LogP contribution in [0.3, 0.4) is 0 Å². The molecule has 0 aliphatic carbocycles. The number of aromatic nitrogens is 1. The lowest BCUT2D eigenvalue weighted by Crippen LogP contribution is -2.58. The highest BCUT2D eigenvalue weighted by Gasteiger charge is 2.45. The Labute approximate surface area is 344 Å². The maximum absolute atomic E-state index is 2.69. The third-order valence-corrected chi connectivity index (χ3v) is 12.6. The standard InChI is InChI=1S/C54H52BN3/c1-52(2,3)35-24-28-45-43(30-35)44-31-37(54(7,8)9)33-50-51(44)58(47-29-25-36(53(4,5)6)32-49(47)57(50)40-20-14-11-15-21-40)55(45)38-26-27-42-41-22-16-17-23-46(41)56(48(42)34-38)39-18-12-10-13-19-39/h10-34H,1-9H3. The lowest BCUT2D eigenvalue weighted by Gasteiger charge is -2.48. The highest BCUT2D eigenvalue weighted by atomic mass is 15.3. The zero-order valence-corrected chi connectivity index (χ0v) is 35.4. The highest BCUT2D eigenvalue weighted by molar-refractivity contribution is 6.91. The van der Waals surface area contributed by atoms with E-state index in [9.17, 15) is 0 Å². The maximum atomic E-state index is 2.69. The van der Waals surface area contributed by atoms with Crippen molar-refractivity contribution < 1.29 is 0 Å². The molecule has 0 saturated carbocycles. The number of nitrogens with zero attached hydrogens (tertiary/aromatic N) is 3. The molecule has 8 aromatic rings. The van der Waals surface area contributed by atoms with Gasteiger partial charge in [0.15, 0.2) is 0 Å². The Hall–Kier alpha value is -6.00. The van der Waals surface area contributed by atoms with E-state index in [4.69, 9.17) is 0 Å². The molecule has 1 aromatic heterocycles. The molecule has 3 heterocycles. The number of rotatable bonds is 3. The van der Waals surface area contributed by atoms with E-state index in [2.05, 4.69) is 228 Å². The van der Waals surface area contributed by atoms with Gasteiger partial charge in [-0.25, -0.2) is 0 Å². The van der Waals surface area contributed by atoms with E-state index in [1.54, 1.807) is 0 Å². The van der Waals surface area contributed by atoms with E-state index in [0.717, 1.165) is 0 Å². The van der Waals surface area contributed by atoms with E-state index in [1.165, 1.54) is 94.7 Å². The van der Waals surface area contributed by atoms with Crippen molar-refractivity contribution in [1.29, 1.82) is 0 Å². The Balaban J connectivity index is 1.34. The van der Waals surface area contributed by atoms with E-state index in [0.29, 0.717) is 0 Å². The number of hydrogen-bond acceptors (Lipinski definition) is 2. The van der Waals surface area contributed by atoms with Crippen molar-refractivity contribution in [2.24, 2.45) is 0 Å². The number of hydrogen-bond donors (Lipinski definition) is 0. The number of fused-ring (bicyclic) bond motifs is 7. The van der Waals surface area contributed by atoms with Crippen LogP contribution in [-0.2, 0) is 16.2 Å². The summed E-state index contributed by atoms with van der Waals surface area (Å²) in [6, 6.07) is 57.5. The third-order valence-electron chi connectivity index (χ3n) is 12.6. The molecule has 2 aliphatic heterocycles. The summed E-state index contributed by atoms with van der Waals surface area (Å²) in [7, 11) is 0. The van der Waals surface area contributed by atoms with Crippen LogP contribution in [0.25, 0.3) is 38.6 Å². The van der Waals surface area contributed by atoms with Gasteiger partial charge < -0.3 is 14.3 Å². The van der Waals surface area contributed by atoms with E-state index in [-0.39, 0.29) is 23.1 Å². The molecule has 0 amide bonds. The predicted molar refractivity (Wildman–Crippen MR) is 251 cm³/mol. The lowest BCUT2D eigenvalue weighted by molar-refractivity contribution is 0.589. The summed E-state index contributed by atoms with van der Waals surface area (Å²) in [5.74, 6) is 0. The molecule has 0 saturated heterocycles. The van der Waals surface area contributed by atoms with Crippen LogP contribution in [0.15, 0.2) is 152 Å². The minimum Gasteiger partial charge on any atom is -0.373 e. The normalized spacial score (nSPS) is 13.8. The molecule has 10 rings (SSSR count). The van der Waals surface area contributed by atoms with Gasteiger partial charge in [-0.3, -0.25) is 0 Å². The minimum absolute atomic E-state index is 0.00901. The smallest absolute Gasteiger partial charge is 0.329 e. The molecular formula is C54H52BN3. The Morgan fingerprint density at radius 3 is 1.67 bits per heavy atom. The zero-order chi connectivity index (χ0) is 40.3. The molecule has 0 fully saturated rings. The Kier molecular flexibility index (Phi) is 7.99. The van der Waals surface area contributed by atoms with Crippen molar-refractivity contribution in [2.75, 3.05) is 9.71 Å². The molecule has 3 nitrogen and oxygen atoms in total. The molecule has 4 heteroatoms. The van der Waals surface area contributed by atoms with Crippen LogP contribution in [0.5, 0.6) is 0 Å². The minimum atomic E-state index is -0.0837. The molecular weight excluding hydrogens is 701 g/mol. The fourth-order valence-corrected chi connectivity index (χ4v) is 9.40. The average Bonchev–Trinajstić information content (AvgIpc) is 3.53. The summed E-state index contributed by atoms with van der Waals surface area (Å²) in [4.78, 5) is 5.23. The monoisotopic (exact) mass is 753 g/mol. The molecule has 0 unspecified atom stereocenters. The topological polar surface area (TPSA) is 11.4 Å². The van der Waals surface area contributed by atoms with Crippen molar-refractivity contribution >= 4 is 68.0 Å². The molecule has 0 atom stereocenters. The lowest BCUT2D eigenvalue weighted by atomic mass is 9.45. The van der Waals surface area contributed by atoms with E-state index >= 15 is 0 Å². The second-order valence-corrected chi connectivity index (χ2v) is 19.6. The van der Waals surface area contributed by atoms with Crippen molar-refractivity contribution in [1.82, 2.24) is 4.57 Å². The Bertz CT molecular complexity index is 2900. The third kappa shape index (κ3) is 5.63. The van der Waals surface area contributed by atoms with Crippen LogP contribution in [0, 0.1) is 0 Å². The van der Waals surface area contributed by atoms with Gasteiger partial charge in [-0.1, -0.05) is 153 Å². The van der Waals surface area contributed by atoms with E-state index < -0.39 is 0 Å². The van der Waals surface area contributed by atoms with Crippen molar-refractivity contribution in [2.45, 2.75) is 78.6 Å². The van der Waals surface area contributed by atoms with Crippen LogP contribution in [0.1, 0.15) is 79.0 Å². The first kappa shape index (κ1) is 36.4. The van der Waals surface area contributed by atoms with Crippen LogP contribution in [0.4, 0.5) is 28.4 Å². The van der Waals surface area contributed by atoms with Crippen LogP contribution in [0.2, 0.25) is 0 Å². The number of para-hydroxylation sites is 3. The predicted octanol–water partition coefficient (Wildman–Crippen LogP) is 13.4. The summed E-state index contributed by atoms with van der Waals surface area (Å²) in [5, 5.41) is 2.54. The molecule has 0 N–H and O–H groups in total. The van der Waals surface area contributed by atoms with Crippen LogP contribution in [-0.4, -0.2) is 11.4 Å². The average molecular weight is 754 g/mol. The van der Waals surface area contributed by atoms with Gasteiger partial charge in [-0.05, 0) is 110 Å². The quantitative estimate of drug-likeness (QED) is 0.167. The molecule has 2 aliphatic rings. The second-order valence-electron chi connectivity index (χ2n) is 19.6.